The summed E-state index contributed by atoms with van der Waals surface area (Å²) in [5, 5.41) is 14.4. The summed E-state index contributed by atoms with van der Waals surface area (Å²) >= 11 is 0. The number of nitrogens with zero attached hydrogens (tertiary/aromatic N) is 1. The van der Waals surface area contributed by atoms with Gasteiger partial charge in [0.2, 0.25) is 11.8 Å². The lowest BCUT2D eigenvalue weighted by Gasteiger charge is -2.18. The molecule has 3 rings (SSSR count). The second kappa shape index (κ2) is 14.8. The number of nitrogens with one attached hydrogen (secondary N) is 3. The number of hydrogen-bond donors (Lipinski definition) is 4. The highest BCUT2D eigenvalue weighted by atomic mass is 16.5. The third-order valence-electron chi connectivity index (χ3n) is 6.04. The van der Waals surface area contributed by atoms with Crippen LogP contribution in [0.15, 0.2) is 83.4 Å². The van der Waals surface area contributed by atoms with Gasteiger partial charge in [-0.25, -0.2) is 5.48 Å². The van der Waals surface area contributed by atoms with E-state index in [1.54, 1.807) is 36.9 Å². The lowest BCUT2D eigenvalue weighted by atomic mass is 10.0. The van der Waals surface area contributed by atoms with Crippen molar-refractivity contribution in [2.75, 3.05) is 19.5 Å². The normalized spacial score (nSPS) is 11.9. The molecule has 0 unspecified atom stereocenters. The second-order valence-electron chi connectivity index (χ2n) is 8.92. The fourth-order valence-electron chi connectivity index (χ4n) is 3.96. The molecule has 10 nitrogen and oxygen atoms in total. The molecule has 0 saturated carbocycles. The van der Waals surface area contributed by atoms with Crippen LogP contribution < -0.4 is 25.6 Å². The first-order chi connectivity index (χ1) is 19.8. The maximum Gasteiger partial charge on any atom is 0.274 e. The molecular formula is C31H32N4O6. The number of ether oxygens (including phenoxy) is 2. The standard InChI is InChI=1S/C31H32N4O6/c1-20(17-22-7-5-6-8-26(22)32-2)18-27(31(38)33-24-12-9-21(10-13-24)30(37)35-39)34-29(36)16-11-23-19-25(40-3)14-15-28(23)41-4/h5-17,19,27,39H,2,18H2,1,3-4H3,(H,33,38)(H,34,36)(H,35,37)/b16-11+,20-17+/t27-/m0/s1. The molecule has 1 atom stereocenters. The summed E-state index contributed by atoms with van der Waals surface area (Å²) in [5.74, 6) is -0.488. The fraction of sp³-hybridized carbons (Fsp3) is 0.161. The average molecular weight is 557 g/mol. The number of carbonyl (C=O) groups is 3. The van der Waals surface area contributed by atoms with Crippen molar-refractivity contribution in [1.82, 2.24) is 10.8 Å². The SMILES string of the molecule is C=Nc1ccccc1/C=C(\C)C[C@H](NC(=O)/C=C/c1cc(OC)ccc1OC)C(=O)Nc1ccc(C(=O)NO)cc1. The van der Waals surface area contributed by atoms with E-state index in [4.69, 9.17) is 14.7 Å². The molecule has 0 saturated heterocycles. The Morgan fingerprint density at radius 3 is 2.39 bits per heavy atom. The topological polar surface area (TPSA) is 138 Å². The van der Waals surface area contributed by atoms with Crippen molar-refractivity contribution in [3.05, 3.63) is 95.1 Å². The van der Waals surface area contributed by atoms with Gasteiger partial charge in [0, 0.05) is 28.5 Å². The first-order valence-corrected chi connectivity index (χ1v) is 12.6. The molecule has 0 aliphatic rings. The maximum absolute atomic E-state index is 13.3. The van der Waals surface area contributed by atoms with Crippen LogP contribution in [-0.4, -0.2) is 49.9 Å². The van der Waals surface area contributed by atoms with Gasteiger partial charge >= 0.3 is 0 Å². The van der Waals surface area contributed by atoms with E-state index < -0.39 is 23.8 Å². The van der Waals surface area contributed by atoms with Crippen molar-refractivity contribution < 1.29 is 29.1 Å². The van der Waals surface area contributed by atoms with E-state index >= 15 is 0 Å². The fourth-order valence-corrected chi connectivity index (χ4v) is 3.96. The zero-order chi connectivity index (χ0) is 29.8. The van der Waals surface area contributed by atoms with Crippen molar-refractivity contribution in [2.24, 2.45) is 4.99 Å². The van der Waals surface area contributed by atoms with Gasteiger partial charge in [0.05, 0.1) is 19.9 Å². The van der Waals surface area contributed by atoms with Gasteiger partial charge in [-0.2, -0.15) is 0 Å². The number of hydroxylamine groups is 1. The highest BCUT2D eigenvalue weighted by Gasteiger charge is 2.21. The summed E-state index contributed by atoms with van der Waals surface area (Å²) in [7, 11) is 3.07. The van der Waals surface area contributed by atoms with Crippen molar-refractivity contribution in [1.29, 1.82) is 0 Å². The number of amides is 3. The number of methoxy groups -OCH3 is 2. The molecule has 10 heteroatoms. The molecule has 3 amide bonds. The molecule has 0 spiro atoms. The van der Waals surface area contributed by atoms with E-state index in [1.807, 2.05) is 37.3 Å². The van der Waals surface area contributed by atoms with Crippen LogP contribution in [0.5, 0.6) is 11.5 Å². The third kappa shape index (κ3) is 8.64. The molecule has 41 heavy (non-hydrogen) atoms. The van der Waals surface area contributed by atoms with Crippen LogP contribution in [0.4, 0.5) is 11.4 Å². The Balaban J connectivity index is 1.84. The molecule has 0 heterocycles. The minimum atomic E-state index is -0.945. The van der Waals surface area contributed by atoms with Crippen LogP contribution in [0.3, 0.4) is 0 Å². The summed E-state index contributed by atoms with van der Waals surface area (Å²) in [6, 6.07) is 17.6. The molecular weight excluding hydrogens is 524 g/mol. The number of hydrogen-bond acceptors (Lipinski definition) is 7. The van der Waals surface area contributed by atoms with Crippen molar-refractivity contribution in [3.8, 4) is 11.5 Å². The van der Waals surface area contributed by atoms with Crippen LogP contribution in [0.25, 0.3) is 12.2 Å². The zero-order valence-electron chi connectivity index (χ0n) is 23.0. The van der Waals surface area contributed by atoms with Gasteiger partial charge in [0.15, 0.2) is 0 Å². The van der Waals surface area contributed by atoms with Crippen molar-refractivity contribution >= 4 is 48.0 Å². The Kier molecular flexibility index (Phi) is 10.9. The van der Waals surface area contributed by atoms with Crippen molar-refractivity contribution in [3.63, 3.8) is 0 Å². The lowest BCUT2D eigenvalue weighted by molar-refractivity contribution is -0.123. The van der Waals surface area contributed by atoms with E-state index in [-0.39, 0.29) is 12.0 Å². The molecule has 4 N–H and O–H groups in total. The molecule has 212 valence electrons. The summed E-state index contributed by atoms with van der Waals surface area (Å²) < 4.78 is 10.6. The van der Waals surface area contributed by atoms with Gasteiger partial charge in [0.1, 0.15) is 17.5 Å². The number of aliphatic imine (C=N–C) groups is 1. The Morgan fingerprint density at radius 2 is 1.73 bits per heavy atom. The van der Waals surface area contributed by atoms with E-state index in [1.165, 1.54) is 37.5 Å². The molecule has 0 aliphatic heterocycles. The molecule has 3 aromatic rings. The molecule has 0 fully saturated rings. The summed E-state index contributed by atoms with van der Waals surface area (Å²) in [6.45, 7) is 5.45. The van der Waals surface area contributed by atoms with Crippen molar-refractivity contribution in [2.45, 2.75) is 19.4 Å². The predicted molar refractivity (Wildman–Crippen MR) is 159 cm³/mol. The summed E-state index contributed by atoms with van der Waals surface area (Å²) in [5.41, 5.74) is 5.13. The van der Waals surface area contributed by atoms with Gasteiger partial charge in [0.25, 0.3) is 5.91 Å². The quantitative estimate of drug-likeness (QED) is 0.110. The van der Waals surface area contributed by atoms with E-state index in [9.17, 15) is 14.4 Å². The summed E-state index contributed by atoms with van der Waals surface area (Å²) in [6.07, 6.45) is 4.97. The smallest absolute Gasteiger partial charge is 0.274 e. The second-order valence-corrected chi connectivity index (χ2v) is 8.92. The van der Waals surface area contributed by atoms with E-state index in [2.05, 4.69) is 22.3 Å². The molecule has 0 bridgehead atoms. The van der Waals surface area contributed by atoms with Gasteiger partial charge in [-0.05, 0) is 74.7 Å². The van der Waals surface area contributed by atoms with Gasteiger partial charge in [-0.1, -0.05) is 29.8 Å². The Morgan fingerprint density at radius 1 is 1.00 bits per heavy atom. The number of para-hydroxylation sites is 1. The molecule has 3 aromatic carbocycles. The minimum Gasteiger partial charge on any atom is -0.497 e. The lowest BCUT2D eigenvalue weighted by Crippen LogP contribution is -2.43. The van der Waals surface area contributed by atoms with Crippen LogP contribution in [0, 0.1) is 0 Å². The Labute approximate surface area is 238 Å². The van der Waals surface area contributed by atoms with E-state index in [0.717, 1.165) is 11.1 Å². The van der Waals surface area contributed by atoms with Crippen LogP contribution in [0.1, 0.15) is 34.8 Å². The Bertz CT molecular complexity index is 1460. The monoisotopic (exact) mass is 556 g/mol. The largest absolute Gasteiger partial charge is 0.497 e. The van der Waals surface area contributed by atoms with Crippen LogP contribution in [0.2, 0.25) is 0 Å². The number of anilines is 1. The highest BCUT2D eigenvalue weighted by molar-refractivity contribution is 6.01. The maximum atomic E-state index is 13.3. The third-order valence-corrected chi connectivity index (χ3v) is 6.04. The van der Waals surface area contributed by atoms with Crippen LogP contribution in [-0.2, 0) is 9.59 Å². The van der Waals surface area contributed by atoms with Crippen LogP contribution >= 0.6 is 0 Å². The summed E-state index contributed by atoms with van der Waals surface area (Å²) in [4.78, 5) is 41.9. The number of carbonyl (C=O) groups excluding carboxylic acids is 3. The number of rotatable bonds is 12. The molecule has 0 radical (unpaired) electrons. The van der Waals surface area contributed by atoms with Gasteiger partial charge < -0.3 is 20.1 Å². The zero-order valence-corrected chi connectivity index (χ0v) is 23.0. The Hall–Kier alpha value is -5.22. The molecule has 0 aliphatic carbocycles. The predicted octanol–water partition coefficient (Wildman–Crippen LogP) is 4.79. The van der Waals surface area contributed by atoms with E-state index in [0.29, 0.717) is 28.4 Å². The minimum absolute atomic E-state index is 0.199. The van der Waals surface area contributed by atoms with Gasteiger partial charge in [-0.15, -0.1) is 0 Å². The van der Waals surface area contributed by atoms with Gasteiger partial charge in [-0.3, -0.25) is 24.6 Å². The first-order valence-electron chi connectivity index (χ1n) is 12.6. The highest BCUT2D eigenvalue weighted by Crippen LogP contribution is 2.25. The number of benzene rings is 3. The molecule has 0 aromatic heterocycles. The first kappa shape index (κ1) is 30.3. The average Bonchev–Trinajstić information content (AvgIpc) is 2.99.